The zero-order chi connectivity index (χ0) is 15.7. The molecular weight excluding hydrogens is 300 g/mol. The summed E-state index contributed by atoms with van der Waals surface area (Å²) >= 11 is 0. The molecule has 3 atom stereocenters. The lowest BCUT2D eigenvalue weighted by Gasteiger charge is -2.21. The van der Waals surface area contributed by atoms with Crippen molar-refractivity contribution in [3.8, 4) is 0 Å². The highest BCUT2D eigenvalue weighted by Gasteiger charge is 2.38. The van der Waals surface area contributed by atoms with Crippen molar-refractivity contribution in [2.45, 2.75) is 37.0 Å². The molecule has 22 heavy (non-hydrogen) atoms. The Morgan fingerprint density at radius 1 is 1.18 bits per heavy atom. The van der Waals surface area contributed by atoms with Crippen molar-refractivity contribution in [3.63, 3.8) is 0 Å². The summed E-state index contributed by atoms with van der Waals surface area (Å²) in [6, 6.07) is 5.71. The lowest BCUT2D eigenvalue weighted by Crippen LogP contribution is -2.27. The fraction of sp³-hybridized carbons (Fsp3) is 0.562. The highest BCUT2D eigenvalue weighted by atomic mass is 32.2. The molecule has 1 aromatic rings. The average Bonchev–Trinajstić information content (AvgIpc) is 3.10. The van der Waals surface area contributed by atoms with E-state index >= 15 is 0 Å². The van der Waals surface area contributed by atoms with Crippen LogP contribution < -0.4 is 10.5 Å². The predicted octanol–water partition coefficient (Wildman–Crippen LogP) is 1.89. The summed E-state index contributed by atoms with van der Waals surface area (Å²) in [4.78, 5) is 11.2. The molecule has 0 radical (unpaired) electrons. The molecule has 5 nitrogen and oxygen atoms in total. The Balaban J connectivity index is 1.55. The van der Waals surface area contributed by atoms with Crippen LogP contribution in [0.5, 0.6) is 0 Å². The van der Waals surface area contributed by atoms with Crippen LogP contribution in [0.15, 0.2) is 29.2 Å². The molecule has 1 aromatic carbocycles. The van der Waals surface area contributed by atoms with Gasteiger partial charge in [0.05, 0.1) is 4.90 Å². The van der Waals surface area contributed by atoms with Crippen molar-refractivity contribution in [3.05, 3.63) is 29.8 Å². The van der Waals surface area contributed by atoms with Gasteiger partial charge in [-0.1, -0.05) is 6.42 Å². The highest BCUT2D eigenvalue weighted by molar-refractivity contribution is 7.89. The van der Waals surface area contributed by atoms with Crippen molar-refractivity contribution in [1.82, 2.24) is 4.72 Å². The number of sulfonamides is 1. The van der Waals surface area contributed by atoms with Crippen molar-refractivity contribution in [2.75, 3.05) is 6.54 Å². The third-order valence-corrected chi connectivity index (χ3v) is 6.62. The minimum Gasteiger partial charge on any atom is -0.366 e. The number of amides is 1. The number of hydrogen-bond acceptors (Lipinski definition) is 3. The first-order valence-corrected chi connectivity index (χ1v) is 9.33. The Morgan fingerprint density at radius 3 is 2.45 bits per heavy atom. The number of carbonyl (C=O) groups excluding carboxylic acids is 1. The zero-order valence-corrected chi connectivity index (χ0v) is 13.3. The van der Waals surface area contributed by atoms with E-state index in [4.69, 9.17) is 5.73 Å². The lowest BCUT2D eigenvalue weighted by molar-refractivity contribution is 0.1000. The zero-order valence-electron chi connectivity index (χ0n) is 12.5. The van der Waals surface area contributed by atoms with Gasteiger partial charge in [-0.3, -0.25) is 4.79 Å². The van der Waals surface area contributed by atoms with Crippen molar-refractivity contribution >= 4 is 15.9 Å². The molecule has 0 aromatic heterocycles. The van der Waals surface area contributed by atoms with Crippen LogP contribution in [0.3, 0.4) is 0 Å². The molecular formula is C16H22N2O3S. The van der Waals surface area contributed by atoms with Crippen LogP contribution in [0.2, 0.25) is 0 Å². The number of benzene rings is 1. The van der Waals surface area contributed by atoms with E-state index in [0.717, 1.165) is 18.3 Å². The standard InChI is InChI=1S/C16H22N2O3S/c17-16(19)12-3-5-15(6-4-12)22(20,21)18-8-7-14-10-11-1-2-13(14)9-11/h3-6,11,13-14,18H,1-2,7-10H2,(H2,17,19). The van der Waals surface area contributed by atoms with Crippen LogP contribution in [0.4, 0.5) is 0 Å². The van der Waals surface area contributed by atoms with Gasteiger partial charge in [-0.05, 0) is 67.7 Å². The summed E-state index contributed by atoms with van der Waals surface area (Å²) in [5, 5.41) is 0. The van der Waals surface area contributed by atoms with Gasteiger partial charge in [0.1, 0.15) is 0 Å². The fourth-order valence-corrected chi connectivity index (χ4v) is 5.04. The summed E-state index contributed by atoms with van der Waals surface area (Å²) in [6.45, 7) is 0.480. The maximum Gasteiger partial charge on any atom is 0.248 e. The largest absolute Gasteiger partial charge is 0.366 e. The number of fused-ring (bicyclic) bond motifs is 2. The highest BCUT2D eigenvalue weighted by Crippen LogP contribution is 2.49. The third-order valence-electron chi connectivity index (χ3n) is 5.14. The van der Waals surface area contributed by atoms with Crippen molar-refractivity contribution in [2.24, 2.45) is 23.5 Å². The molecule has 0 heterocycles. The van der Waals surface area contributed by atoms with Gasteiger partial charge < -0.3 is 5.73 Å². The normalized spacial score (nSPS) is 27.2. The third kappa shape index (κ3) is 3.17. The summed E-state index contributed by atoms with van der Waals surface area (Å²) in [6.07, 6.45) is 6.20. The van der Waals surface area contributed by atoms with E-state index in [1.807, 2.05) is 0 Å². The summed E-state index contributed by atoms with van der Waals surface area (Å²) in [5.41, 5.74) is 5.46. The molecule has 120 valence electrons. The van der Waals surface area contributed by atoms with Crippen LogP contribution in [0.25, 0.3) is 0 Å². The van der Waals surface area contributed by atoms with Gasteiger partial charge in [-0.2, -0.15) is 0 Å². The molecule has 0 aliphatic heterocycles. The quantitative estimate of drug-likeness (QED) is 0.838. The van der Waals surface area contributed by atoms with Crippen LogP contribution >= 0.6 is 0 Å². The first-order chi connectivity index (χ1) is 10.5. The maximum absolute atomic E-state index is 12.2. The van der Waals surface area contributed by atoms with Gasteiger partial charge in [0, 0.05) is 12.1 Å². The molecule has 0 spiro atoms. The molecule has 3 rings (SSSR count). The SMILES string of the molecule is NC(=O)c1ccc(S(=O)(=O)NCCC2CC3CCC2C3)cc1. The summed E-state index contributed by atoms with van der Waals surface area (Å²) < 4.78 is 27.1. The summed E-state index contributed by atoms with van der Waals surface area (Å²) in [5.74, 6) is 1.81. The van der Waals surface area contributed by atoms with Crippen LogP contribution in [-0.2, 0) is 10.0 Å². The van der Waals surface area contributed by atoms with E-state index in [2.05, 4.69) is 4.72 Å². The topological polar surface area (TPSA) is 89.3 Å². The minimum atomic E-state index is -3.51. The Kier molecular flexibility index (Phi) is 4.23. The number of primary amides is 1. The summed E-state index contributed by atoms with van der Waals surface area (Å²) in [7, 11) is -3.51. The predicted molar refractivity (Wildman–Crippen MR) is 83.7 cm³/mol. The maximum atomic E-state index is 12.2. The number of hydrogen-bond donors (Lipinski definition) is 2. The average molecular weight is 322 g/mol. The molecule has 2 fully saturated rings. The molecule has 2 bridgehead atoms. The van der Waals surface area contributed by atoms with E-state index in [1.54, 1.807) is 0 Å². The Hall–Kier alpha value is -1.40. The monoisotopic (exact) mass is 322 g/mol. The van der Waals surface area contributed by atoms with Gasteiger partial charge >= 0.3 is 0 Å². The smallest absolute Gasteiger partial charge is 0.248 e. The van der Waals surface area contributed by atoms with Gasteiger partial charge in [0.25, 0.3) is 0 Å². The number of carbonyl (C=O) groups is 1. The van der Waals surface area contributed by atoms with E-state index < -0.39 is 15.9 Å². The molecule has 0 saturated heterocycles. The Labute approximate surface area is 131 Å². The number of nitrogens with one attached hydrogen (secondary N) is 1. The number of rotatable bonds is 6. The van der Waals surface area contributed by atoms with Gasteiger partial charge in [-0.15, -0.1) is 0 Å². The first kappa shape index (κ1) is 15.5. The molecule has 2 aliphatic rings. The Morgan fingerprint density at radius 2 is 1.91 bits per heavy atom. The van der Waals surface area contributed by atoms with E-state index in [1.165, 1.54) is 49.9 Å². The molecule has 6 heteroatoms. The van der Waals surface area contributed by atoms with E-state index in [-0.39, 0.29) is 4.90 Å². The molecule has 2 aliphatic carbocycles. The van der Waals surface area contributed by atoms with Crippen molar-refractivity contribution < 1.29 is 13.2 Å². The molecule has 1 amide bonds. The number of nitrogens with two attached hydrogens (primary N) is 1. The second kappa shape index (κ2) is 6.01. The first-order valence-electron chi connectivity index (χ1n) is 7.85. The molecule has 2 saturated carbocycles. The fourth-order valence-electron chi connectivity index (χ4n) is 3.99. The minimum absolute atomic E-state index is 0.172. The van der Waals surface area contributed by atoms with E-state index in [0.29, 0.717) is 18.0 Å². The second-order valence-corrected chi connectivity index (χ2v) is 8.28. The van der Waals surface area contributed by atoms with Crippen LogP contribution in [0.1, 0.15) is 42.5 Å². The van der Waals surface area contributed by atoms with Crippen LogP contribution in [0, 0.1) is 17.8 Å². The molecule has 3 unspecified atom stereocenters. The van der Waals surface area contributed by atoms with Crippen LogP contribution in [-0.4, -0.2) is 20.9 Å². The van der Waals surface area contributed by atoms with Gasteiger partial charge in [-0.25, -0.2) is 13.1 Å². The van der Waals surface area contributed by atoms with Gasteiger partial charge in [0.15, 0.2) is 0 Å². The molecule has 3 N–H and O–H groups in total. The van der Waals surface area contributed by atoms with Gasteiger partial charge in [0.2, 0.25) is 15.9 Å². The lowest BCUT2D eigenvalue weighted by atomic mass is 9.86. The Bertz CT molecular complexity index is 654. The second-order valence-electron chi connectivity index (χ2n) is 6.51. The van der Waals surface area contributed by atoms with Crippen molar-refractivity contribution in [1.29, 1.82) is 0 Å². The van der Waals surface area contributed by atoms with E-state index in [9.17, 15) is 13.2 Å².